The van der Waals surface area contributed by atoms with Crippen molar-refractivity contribution in [3.05, 3.63) is 30.5 Å². The maximum atomic E-state index is 12.2. The summed E-state index contributed by atoms with van der Waals surface area (Å²) in [6, 6.07) is 7.72. The van der Waals surface area contributed by atoms with Gasteiger partial charge in [0.15, 0.2) is 0 Å². The van der Waals surface area contributed by atoms with Crippen molar-refractivity contribution < 1.29 is 13.2 Å². The monoisotopic (exact) mass is 364 g/mol. The average molecular weight is 364 g/mol. The molecule has 8 heteroatoms. The molecule has 136 valence electrons. The summed E-state index contributed by atoms with van der Waals surface area (Å²) in [7, 11) is -3.18. The molecule has 0 saturated heterocycles. The summed E-state index contributed by atoms with van der Waals surface area (Å²) in [6.45, 7) is 0.758. The molecule has 7 nitrogen and oxygen atoms in total. The molecule has 1 aromatic heterocycles. The highest BCUT2D eigenvalue weighted by molar-refractivity contribution is 7.88. The van der Waals surface area contributed by atoms with Gasteiger partial charge in [0.05, 0.1) is 11.8 Å². The topological polar surface area (TPSA) is 93.1 Å². The third-order valence-corrected chi connectivity index (χ3v) is 5.28. The zero-order valence-electron chi connectivity index (χ0n) is 14.3. The molecule has 1 saturated carbocycles. The predicted molar refractivity (Wildman–Crippen MR) is 96.5 cm³/mol. The molecule has 1 aliphatic rings. The minimum Gasteiger partial charge on any atom is -0.354 e. The minimum atomic E-state index is -3.18. The van der Waals surface area contributed by atoms with Gasteiger partial charge in [0, 0.05) is 24.2 Å². The minimum absolute atomic E-state index is 0.0259. The Kier molecular flexibility index (Phi) is 5.39. The van der Waals surface area contributed by atoms with E-state index in [1.807, 2.05) is 30.5 Å². The van der Waals surface area contributed by atoms with Crippen LogP contribution in [0.3, 0.4) is 0 Å². The summed E-state index contributed by atoms with van der Waals surface area (Å²) in [6.07, 6.45) is 6.65. The molecular formula is C17H24N4O3S. The Hall–Kier alpha value is -1.93. The highest BCUT2D eigenvalue weighted by Gasteiger charge is 2.24. The summed E-state index contributed by atoms with van der Waals surface area (Å²) in [5.41, 5.74) is 0.872. The van der Waals surface area contributed by atoms with Crippen LogP contribution in [0.2, 0.25) is 0 Å². The van der Waals surface area contributed by atoms with Gasteiger partial charge in [-0.25, -0.2) is 13.1 Å². The van der Waals surface area contributed by atoms with Crippen LogP contribution in [0.25, 0.3) is 10.9 Å². The van der Waals surface area contributed by atoms with E-state index in [4.69, 9.17) is 0 Å². The number of rotatable bonds is 6. The lowest BCUT2D eigenvalue weighted by molar-refractivity contribution is -0.122. The van der Waals surface area contributed by atoms with E-state index in [2.05, 4.69) is 15.1 Å². The van der Waals surface area contributed by atoms with E-state index < -0.39 is 10.0 Å². The van der Waals surface area contributed by atoms with Gasteiger partial charge in [-0.3, -0.25) is 9.48 Å². The fourth-order valence-corrected chi connectivity index (χ4v) is 4.26. The molecule has 1 fully saturated rings. The van der Waals surface area contributed by atoms with Crippen molar-refractivity contribution in [3.63, 3.8) is 0 Å². The van der Waals surface area contributed by atoms with Gasteiger partial charge in [-0.15, -0.1) is 0 Å². The molecule has 0 bridgehead atoms. The Morgan fingerprint density at radius 1 is 1.32 bits per heavy atom. The zero-order chi connectivity index (χ0) is 17.9. The first-order chi connectivity index (χ1) is 11.9. The molecule has 0 aliphatic heterocycles. The number of hydrogen-bond donors (Lipinski definition) is 2. The van der Waals surface area contributed by atoms with Crippen molar-refractivity contribution >= 4 is 26.8 Å². The fourth-order valence-electron chi connectivity index (χ4n) is 3.44. The number of benzene rings is 1. The Morgan fingerprint density at radius 2 is 2.12 bits per heavy atom. The third-order valence-electron chi connectivity index (χ3n) is 4.52. The van der Waals surface area contributed by atoms with Crippen LogP contribution in [0.15, 0.2) is 30.5 Å². The quantitative estimate of drug-likeness (QED) is 0.807. The molecule has 3 rings (SSSR count). The molecule has 2 aromatic rings. The van der Waals surface area contributed by atoms with Crippen LogP contribution in [0, 0.1) is 5.92 Å². The van der Waals surface area contributed by atoms with Crippen molar-refractivity contribution in [3.8, 4) is 0 Å². The van der Waals surface area contributed by atoms with Crippen LogP contribution < -0.4 is 10.0 Å². The van der Waals surface area contributed by atoms with E-state index in [1.54, 1.807) is 4.68 Å². The van der Waals surface area contributed by atoms with Crippen LogP contribution in [0.5, 0.6) is 0 Å². The van der Waals surface area contributed by atoms with Gasteiger partial charge in [0.25, 0.3) is 0 Å². The maximum Gasteiger partial charge on any atom is 0.241 e. The summed E-state index contributed by atoms with van der Waals surface area (Å²) in [5, 5.41) is 8.34. The average Bonchev–Trinajstić information content (AvgIpc) is 2.94. The standard InChI is InChI=1S/C17H24N4O3S/c1-25(23,24)20-15-7-4-5-13(9-15)10-18-17(22)12-21-11-14-6-2-3-8-16(14)19-21/h2-3,6,8,11,13,15,20H,4-5,7,9-10,12H2,1H3,(H,18,22)/t13-,15+/m1/s1. The highest BCUT2D eigenvalue weighted by atomic mass is 32.2. The van der Waals surface area contributed by atoms with Crippen LogP contribution in [-0.4, -0.2) is 42.9 Å². The second-order valence-electron chi connectivity index (χ2n) is 6.81. The fraction of sp³-hybridized carbons (Fsp3) is 0.529. The molecule has 2 atom stereocenters. The third kappa shape index (κ3) is 5.27. The van der Waals surface area contributed by atoms with Crippen molar-refractivity contribution in [2.24, 2.45) is 5.92 Å². The summed E-state index contributed by atoms with van der Waals surface area (Å²) < 4.78 is 27.0. The SMILES string of the molecule is CS(=O)(=O)N[C@H]1CCC[C@@H](CNC(=O)Cn2cc3ccccc3n2)C1. The largest absolute Gasteiger partial charge is 0.354 e. The lowest BCUT2D eigenvalue weighted by Crippen LogP contribution is -2.41. The van der Waals surface area contributed by atoms with Gasteiger partial charge in [0.2, 0.25) is 15.9 Å². The molecule has 1 amide bonds. The summed E-state index contributed by atoms with van der Waals surface area (Å²) in [5.74, 6) is 0.222. The second kappa shape index (κ2) is 7.53. The second-order valence-corrected chi connectivity index (χ2v) is 8.59. The van der Waals surface area contributed by atoms with Crippen LogP contribution >= 0.6 is 0 Å². The molecule has 0 unspecified atom stereocenters. The smallest absolute Gasteiger partial charge is 0.241 e. The van der Waals surface area contributed by atoms with Gasteiger partial charge < -0.3 is 5.32 Å². The number of carbonyl (C=O) groups is 1. The van der Waals surface area contributed by atoms with Crippen molar-refractivity contribution in [2.45, 2.75) is 38.3 Å². The van der Waals surface area contributed by atoms with E-state index in [1.165, 1.54) is 6.26 Å². The number of nitrogens with one attached hydrogen (secondary N) is 2. The number of amides is 1. The van der Waals surface area contributed by atoms with Crippen molar-refractivity contribution in [1.82, 2.24) is 19.8 Å². The van der Waals surface area contributed by atoms with Gasteiger partial charge in [-0.2, -0.15) is 5.10 Å². The number of sulfonamides is 1. The van der Waals surface area contributed by atoms with Gasteiger partial charge in [0.1, 0.15) is 6.54 Å². The Labute approximate surface area is 147 Å². The van der Waals surface area contributed by atoms with E-state index in [0.717, 1.165) is 36.6 Å². The van der Waals surface area contributed by atoms with Gasteiger partial charge in [-0.1, -0.05) is 24.6 Å². The highest BCUT2D eigenvalue weighted by Crippen LogP contribution is 2.24. The normalized spacial score (nSPS) is 21.3. The van der Waals surface area contributed by atoms with Gasteiger partial charge in [-0.05, 0) is 31.2 Å². The van der Waals surface area contributed by atoms with E-state index in [-0.39, 0.29) is 18.5 Å². The summed E-state index contributed by atoms with van der Waals surface area (Å²) in [4.78, 5) is 12.2. The number of fused-ring (bicyclic) bond motifs is 1. The van der Waals surface area contributed by atoms with Crippen LogP contribution in [0.4, 0.5) is 0 Å². The van der Waals surface area contributed by atoms with Crippen LogP contribution in [-0.2, 0) is 21.4 Å². The molecule has 1 aromatic carbocycles. The van der Waals surface area contributed by atoms with Gasteiger partial charge >= 0.3 is 0 Å². The molecule has 1 heterocycles. The Morgan fingerprint density at radius 3 is 2.88 bits per heavy atom. The predicted octanol–water partition coefficient (Wildman–Crippen LogP) is 1.26. The summed E-state index contributed by atoms with van der Waals surface area (Å²) >= 11 is 0. The molecule has 0 radical (unpaired) electrons. The number of nitrogens with zero attached hydrogens (tertiary/aromatic N) is 2. The lowest BCUT2D eigenvalue weighted by Gasteiger charge is -2.29. The lowest BCUT2D eigenvalue weighted by atomic mass is 9.86. The molecule has 1 aliphatic carbocycles. The van der Waals surface area contributed by atoms with E-state index >= 15 is 0 Å². The molecule has 25 heavy (non-hydrogen) atoms. The van der Waals surface area contributed by atoms with Crippen molar-refractivity contribution in [1.29, 1.82) is 0 Å². The van der Waals surface area contributed by atoms with E-state index in [9.17, 15) is 13.2 Å². The first-order valence-corrected chi connectivity index (χ1v) is 10.4. The number of carbonyl (C=O) groups excluding carboxylic acids is 1. The number of aromatic nitrogens is 2. The number of hydrogen-bond acceptors (Lipinski definition) is 4. The zero-order valence-corrected chi connectivity index (χ0v) is 15.1. The Bertz CT molecular complexity index is 813. The van der Waals surface area contributed by atoms with Crippen molar-refractivity contribution in [2.75, 3.05) is 12.8 Å². The molecular weight excluding hydrogens is 340 g/mol. The maximum absolute atomic E-state index is 12.2. The van der Waals surface area contributed by atoms with Crippen LogP contribution in [0.1, 0.15) is 25.7 Å². The molecule has 2 N–H and O–H groups in total. The first-order valence-electron chi connectivity index (χ1n) is 8.55. The van der Waals surface area contributed by atoms with E-state index in [0.29, 0.717) is 12.5 Å². The molecule has 0 spiro atoms. The Balaban J connectivity index is 1.48. The first kappa shape index (κ1) is 17.9.